The second kappa shape index (κ2) is 10.6. The van der Waals surface area contributed by atoms with E-state index in [2.05, 4.69) is 21.7 Å². The Kier molecular flexibility index (Phi) is 8.09. The first kappa shape index (κ1) is 19.1. The Morgan fingerprint density at radius 2 is 1.96 bits per heavy atom. The van der Waals surface area contributed by atoms with Crippen molar-refractivity contribution in [2.45, 2.75) is 33.1 Å². The fourth-order valence-corrected chi connectivity index (χ4v) is 2.88. The van der Waals surface area contributed by atoms with Gasteiger partial charge in [-0.25, -0.2) is 4.99 Å². The van der Waals surface area contributed by atoms with E-state index in [0.29, 0.717) is 12.6 Å². The summed E-state index contributed by atoms with van der Waals surface area (Å²) >= 11 is 0. The van der Waals surface area contributed by atoms with Crippen LogP contribution in [0, 0.1) is 0 Å². The molecule has 1 aromatic carbocycles. The summed E-state index contributed by atoms with van der Waals surface area (Å²) in [7, 11) is 0. The summed E-state index contributed by atoms with van der Waals surface area (Å²) in [5, 5.41) is 6.49. The number of rotatable bonds is 8. The minimum absolute atomic E-state index is 0.108. The minimum Gasteiger partial charge on any atom is -0.494 e. The zero-order valence-electron chi connectivity index (χ0n) is 15.4. The predicted octanol–water partition coefficient (Wildman–Crippen LogP) is 1.81. The molecule has 0 spiro atoms. The van der Waals surface area contributed by atoms with E-state index in [1.165, 1.54) is 5.56 Å². The molecule has 0 unspecified atom stereocenters. The molecule has 0 saturated carbocycles. The fraction of sp³-hybridized carbons (Fsp3) is 0.579. The van der Waals surface area contributed by atoms with Gasteiger partial charge in [-0.15, -0.1) is 0 Å². The van der Waals surface area contributed by atoms with Gasteiger partial charge in [-0.2, -0.15) is 0 Å². The normalized spacial score (nSPS) is 14.5. The van der Waals surface area contributed by atoms with Gasteiger partial charge in [0.25, 0.3) is 0 Å². The maximum Gasteiger partial charge on any atom is 0.244 e. The van der Waals surface area contributed by atoms with Crippen LogP contribution in [0.5, 0.6) is 5.75 Å². The van der Waals surface area contributed by atoms with Crippen molar-refractivity contribution in [2.24, 2.45) is 4.99 Å². The molecule has 0 radical (unpaired) electrons. The lowest BCUT2D eigenvalue weighted by Crippen LogP contribution is -2.39. The Balaban J connectivity index is 1.84. The highest BCUT2D eigenvalue weighted by molar-refractivity contribution is 5.85. The van der Waals surface area contributed by atoms with Crippen molar-refractivity contribution in [2.75, 3.05) is 39.3 Å². The second-order valence-corrected chi connectivity index (χ2v) is 6.00. The molecule has 1 saturated heterocycles. The highest BCUT2D eigenvalue weighted by Crippen LogP contribution is 2.17. The molecule has 2 rings (SSSR count). The number of para-hydroxylation sites is 1. The number of likely N-dealkylation sites (tertiary alicyclic amines) is 1. The molecule has 1 aromatic rings. The van der Waals surface area contributed by atoms with Crippen molar-refractivity contribution in [1.82, 2.24) is 15.5 Å². The Hall–Kier alpha value is -2.24. The number of carbonyl (C=O) groups is 1. The number of benzene rings is 1. The lowest BCUT2D eigenvalue weighted by atomic mass is 10.1. The van der Waals surface area contributed by atoms with Crippen LogP contribution in [0.4, 0.5) is 0 Å². The van der Waals surface area contributed by atoms with Crippen LogP contribution in [0.3, 0.4) is 0 Å². The number of nitrogens with zero attached hydrogens (tertiary/aromatic N) is 2. The SMILES string of the molecule is CCNC(=NCC(=O)N1CCCC1)NCCc1ccccc1OCC. The van der Waals surface area contributed by atoms with Crippen LogP contribution in [0.25, 0.3) is 0 Å². The molecule has 0 aliphatic carbocycles. The van der Waals surface area contributed by atoms with Gasteiger partial charge in [0.05, 0.1) is 6.61 Å². The summed E-state index contributed by atoms with van der Waals surface area (Å²) in [5.74, 6) is 1.72. The number of carbonyl (C=O) groups excluding carboxylic acids is 1. The first-order valence-electron chi connectivity index (χ1n) is 9.25. The molecular formula is C19H30N4O2. The first-order valence-corrected chi connectivity index (χ1v) is 9.25. The predicted molar refractivity (Wildman–Crippen MR) is 101 cm³/mol. The van der Waals surface area contributed by atoms with E-state index < -0.39 is 0 Å². The van der Waals surface area contributed by atoms with Crippen LogP contribution < -0.4 is 15.4 Å². The Labute approximate surface area is 150 Å². The summed E-state index contributed by atoms with van der Waals surface area (Å²) in [4.78, 5) is 18.4. The Bertz CT molecular complexity index is 568. The van der Waals surface area contributed by atoms with Crippen molar-refractivity contribution < 1.29 is 9.53 Å². The van der Waals surface area contributed by atoms with Gasteiger partial charge in [0.1, 0.15) is 12.3 Å². The van der Waals surface area contributed by atoms with Crippen molar-refractivity contribution in [3.05, 3.63) is 29.8 Å². The van der Waals surface area contributed by atoms with Crippen molar-refractivity contribution >= 4 is 11.9 Å². The largest absolute Gasteiger partial charge is 0.494 e. The van der Waals surface area contributed by atoms with Crippen LogP contribution in [0.1, 0.15) is 32.3 Å². The summed E-state index contributed by atoms with van der Waals surface area (Å²) in [6.07, 6.45) is 3.04. The number of guanidine groups is 1. The van der Waals surface area contributed by atoms with E-state index in [0.717, 1.165) is 51.2 Å². The number of nitrogens with one attached hydrogen (secondary N) is 2. The summed E-state index contributed by atoms with van der Waals surface area (Å²) in [6.45, 7) is 8.09. The van der Waals surface area contributed by atoms with Crippen LogP contribution in [-0.2, 0) is 11.2 Å². The van der Waals surface area contributed by atoms with Gasteiger partial charge < -0.3 is 20.3 Å². The molecule has 6 heteroatoms. The van der Waals surface area contributed by atoms with Crippen LogP contribution >= 0.6 is 0 Å². The molecular weight excluding hydrogens is 316 g/mol. The summed E-state index contributed by atoms with van der Waals surface area (Å²) < 4.78 is 5.65. The molecule has 1 aliphatic heterocycles. The molecule has 1 fully saturated rings. The van der Waals surface area contributed by atoms with Gasteiger partial charge in [-0.3, -0.25) is 4.79 Å². The van der Waals surface area contributed by atoms with Crippen molar-refractivity contribution in [3.63, 3.8) is 0 Å². The number of ether oxygens (including phenoxy) is 1. The van der Waals surface area contributed by atoms with Crippen LogP contribution in [0.2, 0.25) is 0 Å². The Morgan fingerprint density at radius 3 is 2.68 bits per heavy atom. The number of hydrogen-bond donors (Lipinski definition) is 2. The first-order chi connectivity index (χ1) is 12.2. The lowest BCUT2D eigenvalue weighted by molar-refractivity contribution is -0.128. The Morgan fingerprint density at radius 1 is 1.20 bits per heavy atom. The van der Waals surface area contributed by atoms with Gasteiger partial charge in [-0.05, 0) is 44.7 Å². The molecule has 1 amide bonds. The number of amides is 1. The van der Waals surface area contributed by atoms with Gasteiger partial charge in [0, 0.05) is 26.2 Å². The quantitative estimate of drug-likeness (QED) is 0.556. The van der Waals surface area contributed by atoms with E-state index in [9.17, 15) is 4.79 Å². The van der Waals surface area contributed by atoms with Gasteiger partial charge in [0.2, 0.25) is 5.91 Å². The molecule has 1 heterocycles. The molecule has 25 heavy (non-hydrogen) atoms. The average molecular weight is 346 g/mol. The second-order valence-electron chi connectivity index (χ2n) is 6.00. The van der Waals surface area contributed by atoms with Gasteiger partial charge >= 0.3 is 0 Å². The summed E-state index contributed by atoms with van der Waals surface area (Å²) in [5.41, 5.74) is 1.17. The maximum absolute atomic E-state index is 12.1. The molecule has 0 atom stereocenters. The van der Waals surface area contributed by atoms with Crippen molar-refractivity contribution in [1.29, 1.82) is 0 Å². The lowest BCUT2D eigenvalue weighted by Gasteiger charge is -2.15. The van der Waals surface area contributed by atoms with Crippen LogP contribution in [-0.4, -0.2) is 56.1 Å². The highest BCUT2D eigenvalue weighted by Gasteiger charge is 2.17. The minimum atomic E-state index is 0.108. The van der Waals surface area contributed by atoms with E-state index in [1.807, 2.05) is 36.9 Å². The standard InChI is InChI=1S/C19H30N4O2/c1-3-20-19(22-15-18(24)23-13-7-8-14-23)21-12-11-16-9-5-6-10-17(16)25-4-2/h5-6,9-10H,3-4,7-8,11-15H2,1-2H3,(H2,20,21,22). The van der Waals surface area contributed by atoms with Crippen molar-refractivity contribution in [3.8, 4) is 5.75 Å². The third kappa shape index (κ3) is 6.29. The fourth-order valence-electron chi connectivity index (χ4n) is 2.88. The molecule has 1 aliphatic rings. The topological polar surface area (TPSA) is 66.0 Å². The van der Waals surface area contributed by atoms with Gasteiger partial charge in [0.15, 0.2) is 5.96 Å². The van der Waals surface area contributed by atoms with Crippen LogP contribution in [0.15, 0.2) is 29.3 Å². The molecule has 0 bridgehead atoms. The van der Waals surface area contributed by atoms with E-state index in [1.54, 1.807) is 0 Å². The highest BCUT2D eigenvalue weighted by atomic mass is 16.5. The molecule has 138 valence electrons. The maximum atomic E-state index is 12.1. The third-order valence-corrected chi connectivity index (χ3v) is 4.13. The number of hydrogen-bond acceptors (Lipinski definition) is 3. The summed E-state index contributed by atoms with van der Waals surface area (Å²) in [6, 6.07) is 8.07. The van der Waals surface area contributed by atoms with Gasteiger partial charge in [-0.1, -0.05) is 18.2 Å². The average Bonchev–Trinajstić information content (AvgIpc) is 3.16. The van der Waals surface area contributed by atoms with E-state index in [4.69, 9.17) is 4.74 Å². The zero-order valence-corrected chi connectivity index (χ0v) is 15.4. The monoisotopic (exact) mass is 346 g/mol. The molecule has 2 N–H and O–H groups in total. The van der Waals surface area contributed by atoms with E-state index >= 15 is 0 Å². The van der Waals surface area contributed by atoms with E-state index in [-0.39, 0.29) is 12.5 Å². The smallest absolute Gasteiger partial charge is 0.244 e. The third-order valence-electron chi connectivity index (χ3n) is 4.13. The molecule has 6 nitrogen and oxygen atoms in total. The molecule has 0 aromatic heterocycles. The number of aliphatic imine (C=N–C) groups is 1. The zero-order chi connectivity index (χ0) is 17.9.